The highest BCUT2D eigenvalue weighted by Crippen LogP contribution is 2.21. The zero-order chi connectivity index (χ0) is 13.1. The number of hydrogen-bond acceptors (Lipinski definition) is 5. The highest BCUT2D eigenvalue weighted by Gasteiger charge is 2.23. The van der Waals surface area contributed by atoms with Crippen LogP contribution in [0.2, 0.25) is 0 Å². The van der Waals surface area contributed by atoms with E-state index < -0.39 is 11.8 Å². The average Bonchev–Trinajstić information content (AvgIpc) is 2.33. The van der Waals surface area contributed by atoms with Crippen molar-refractivity contribution in [2.75, 3.05) is 23.7 Å². The number of nitrogens with two attached hydrogens (primary N) is 2. The summed E-state index contributed by atoms with van der Waals surface area (Å²) in [7, 11) is 0. The SMILES string of the molecule is NC(=O)NC1CCN(c2nc(N)ncc2F)CC1. The number of nitrogens with one attached hydrogen (secondary N) is 1. The number of piperidine rings is 1. The summed E-state index contributed by atoms with van der Waals surface area (Å²) in [5, 5.41) is 2.64. The summed E-state index contributed by atoms with van der Waals surface area (Å²) in [6.45, 7) is 1.16. The van der Waals surface area contributed by atoms with Gasteiger partial charge in [0.15, 0.2) is 11.6 Å². The molecule has 1 aromatic heterocycles. The smallest absolute Gasteiger partial charge is 0.312 e. The Morgan fingerprint density at radius 2 is 2.17 bits per heavy atom. The van der Waals surface area contributed by atoms with E-state index in [2.05, 4.69) is 15.3 Å². The molecule has 8 heteroatoms. The number of urea groups is 1. The lowest BCUT2D eigenvalue weighted by Crippen LogP contribution is -2.46. The van der Waals surface area contributed by atoms with Crippen LogP contribution < -0.4 is 21.7 Å². The largest absolute Gasteiger partial charge is 0.368 e. The Kier molecular flexibility index (Phi) is 3.45. The molecular formula is C10H15FN6O. The van der Waals surface area contributed by atoms with Crippen LogP contribution in [0.25, 0.3) is 0 Å². The van der Waals surface area contributed by atoms with Crippen molar-refractivity contribution >= 4 is 17.8 Å². The van der Waals surface area contributed by atoms with Gasteiger partial charge in [0.25, 0.3) is 0 Å². The van der Waals surface area contributed by atoms with Crippen molar-refractivity contribution in [3.8, 4) is 0 Å². The molecule has 1 aromatic rings. The Labute approximate surface area is 103 Å². The lowest BCUT2D eigenvalue weighted by atomic mass is 10.1. The first-order chi connectivity index (χ1) is 8.56. The summed E-state index contributed by atoms with van der Waals surface area (Å²) < 4.78 is 13.5. The molecule has 0 spiro atoms. The molecule has 5 N–H and O–H groups in total. The fourth-order valence-corrected chi connectivity index (χ4v) is 2.03. The number of anilines is 2. The van der Waals surface area contributed by atoms with Gasteiger partial charge in [-0.1, -0.05) is 0 Å². The second-order valence-corrected chi connectivity index (χ2v) is 4.17. The number of primary amides is 1. The Bertz CT molecular complexity index is 446. The Balaban J connectivity index is 2.01. The number of carbonyl (C=O) groups is 1. The monoisotopic (exact) mass is 254 g/mol. The normalized spacial score (nSPS) is 16.6. The predicted octanol–water partition coefficient (Wildman–Crippen LogP) is -0.165. The predicted molar refractivity (Wildman–Crippen MR) is 64.4 cm³/mol. The van der Waals surface area contributed by atoms with Crippen molar-refractivity contribution in [2.45, 2.75) is 18.9 Å². The number of amides is 2. The zero-order valence-corrected chi connectivity index (χ0v) is 9.77. The topological polar surface area (TPSA) is 110 Å². The number of carbonyl (C=O) groups excluding carboxylic acids is 1. The van der Waals surface area contributed by atoms with Gasteiger partial charge in [-0.2, -0.15) is 4.98 Å². The van der Waals surface area contributed by atoms with Crippen LogP contribution in [0.3, 0.4) is 0 Å². The van der Waals surface area contributed by atoms with Gasteiger partial charge in [-0.3, -0.25) is 0 Å². The van der Waals surface area contributed by atoms with E-state index in [9.17, 15) is 9.18 Å². The molecule has 1 aliphatic rings. The van der Waals surface area contributed by atoms with E-state index in [1.165, 1.54) is 0 Å². The van der Waals surface area contributed by atoms with Crippen LogP contribution in [0, 0.1) is 5.82 Å². The van der Waals surface area contributed by atoms with Crippen LogP contribution in [0.4, 0.5) is 21.0 Å². The van der Waals surface area contributed by atoms with Gasteiger partial charge >= 0.3 is 6.03 Å². The van der Waals surface area contributed by atoms with Gasteiger partial charge in [-0.25, -0.2) is 14.2 Å². The number of nitrogen functional groups attached to an aromatic ring is 1. The summed E-state index contributed by atoms with van der Waals surface area (Å²) in [5.74, 6) is -0.241. The van der Waals surface area contributed by atoms with E-state index in [1.54, 1.807) is 4.90 Å². The molecule has 0 unspecified atom stereocenters. The first-order valence-electron chi connectivity index (χ1n) is 5.65. The van der Waals surface area contributed by atoms with E-state index in [0.29, 0.717) is 25.9 Å². The molecular weight excluding hydrogens is 239 g/mol. The second-order valence-electron chi connectivity index (χ2n) is 4.17. The molecule has 2 amide bonds. The maximum Gasteiger partial charge on any atom is 0.312 e. The van der Waals surface area contributed by atoms with Crippen molar-refractivity contribution in [1.82, 2.24) is 15.3 Å². The van der Waals surface area contributed by atoms with Crippen molar-refractivity contribution < 1.29 is 9.18 Å². The molecule has 0 aromatic carbocycles. The van der Waals surface area contributed by atoms with Gasteiger partial charge in [-0.15, -0.1) is 0 Å². The molecule has 18 heavy (non-hydrogen) atoms. The van der Waals surface area contributed by atoms with Crippen LogP contribution in [0.5, 0.6) is 0 Å². The van der Waals surface area contributed by atoms with Crippen LogP contribution in [0.15, 0.2) is 6.20 Å². The minimum absolute atomic E-state index is 0.0287. The van der Waals surface area contributed by atoms with Crippen molar-refractivity contribution in [3.63, 3.8) is 0 Å². The molecule has 0 aliphatic carbocycles. The molecule has 0 atom stereocenters. The van der Waals surface area contributed by atoms with E-state index in [1.807, 2.05) is 0 Å². The van der Waals surface area contributed by atoms with Crippen LogP contribution >= 0.6 is 0 Å². The lowest BCUT2D eigenvalue weighted by molar-refractivity contribution is 0.242. The van der Waals surface area contributed by atoms with Crippen LogP contribution in [-0.4, -0.2) is 35.1 Å². The van der Waals surface area contributed by atoms with Crippen molar-refractivity contribution in [3.05, 3.63) is 12.0 Å². The Morgan fingerprint density at radius 1 is 1.50 bits per heavy atom. The summed E-state index contributed by atoms with van der Waals surface area (Å²) >= 11 is 0. The summed E-state index contributed by atoms with van der Waals surface area (Å²) in [6.07, 6.45) is 2.43. The van der Waals surface area contributed by atoms with Gasteiger partial charge in [0, 0.05) is 19.1 Å². The van der Waals surface area contributed by atoms with Crippen LogP contribution in [0.1, 0.15) is 12.8 Å². The van der Waals surface area contributed by atoms with Gasteiger partial charge < -0.3 is 21.7 Å². The Morgan fingerprint density at radius 3 is 2.78 bits per heavy atom. The van der Waals surface area contributed by atoms with Gasteiger partial charge in [0.1, 0.15) is 0 Å². The second kappa shape index (κ2) is 5.03. The maximum atomic E-state index is 13.5. The molecule has 2 heterocycles. The molecule has 2 rings (SSSR count). The van der Waals surface area contributed by atoms with E-state index in [4.69, 9.17) is 11.5 Å². The molecule has 98 valence electrons. The number of hydrogen-bond donors (Lipinski definition) is 3. The van der Waals surface area contributed by atoms with Gasteiger partial charge in [0.2, 0.25) is 5.95 Å². The third-order valence-corrected chi connectivity index (χ3v) is 2.89. The van der Waals surface area contributed by atoms with Crippen molar-refractivity contribution in [2.24, 2.45) is 5.73 Å². The quantitative estimate of drug-likeness (QED) is 0.679. The third kappa shape index (κ3) is 2.76. The molecule has 0 bridgehead atoms. The summed E-state index contributed by atoms with van der Waals surface area (Å²) in [4.78, 5) is 20.0. The highest BCUT2D eigenvalue weighted by molar-refractivity contribution is 5.72. The number of nitrogens with zero attached hydrogens (tertiary/aromatic N) is 3. The van der Waals surface area contributed by atoms with Gasteiger partial charge in [-0.05, 0) is 12.8 Å². The lowest BCUT2D eigenvalue weighted by Gasteiger charge is -2.32. The zero-order valence-electron chi connectivity index (χ0n) is 9.77. The average molecular weight is 254 g/mol. The van der Waals surface area contributed by atoms with Gasteiger partial charge in [0.05, 0.1) is 6.20 Å². The molecule has 1 saturated heterocycles. The fourth-order valence-electron chi connectivity index (χ4n) is 2.03. The molecule has 0 saturated carbocycles. The standard InChI is InChI=1S/C10H15FN6O/c11-7-5-14-9(12)16-8(7)17-3-1-6(2-4-17)15-10(13)18/h5-6H,1-4H2,(H2,12,14,16)(H3,13,15,18). The van der Waals surface area contributed by atoms with E-state index >= 15 is 0 Å². The first-order valence-corrected chi connectivity index (χ1v) is 5.65. The van der Waals surface area contributed by atoms with E-state index in [-0.39, 0.29) is 17.8 Å². The first kappa shape index (κ1) is 12.3. The minimum Gasteiger partial charge on any atom is -0.368 e. The summed E-state index contributed by atoms with van der Waals surface area (Å²) in [5.41, 5.74) is 10.5. The minimum atomic E-state index is -0.536. The Hall–Kier alpha value is -2.12. The molecule has 1 fully saturated rings. The van der Waals surface area contributed by atoms with Crippen molar-refractivity contribution in [1.29, 1.82) is 0 Å². The molecule has 1 aliphatic heterocycles. The molecule has 7 nitrogen and oxygen atoms in total. The fraction of sp³-hybridized carbons (Fsp3) is 0.500. The van der Waals surface area contributed by atoms with Crippen LogP contribution in [-0.2, 0) is 0 Å². The summed E-state index contributed by atoms with van der Waals surface area (Å²) in [6, 6.07) is -0.507. The maximum absolute atomic E-state index is 13.5. The third-order valence-electron chi connectivity index (χ3n) is 2.89. The molecule has 0 radical (unpaired) electrons. The number of rotatable bonds is 2. The number of aromatic nitrogens is 2. The van der Waals surface area contributed by atoms with E-state index in [0.717, 1.165) is 6.20 Å². The highest BCUT2D eigenvalue weighted by atomic mass is 19.1. The number of halogens is 1.